The molecule has 2 amide bonds. The molecular weight excluding hydrogens is 352 g/mol. The largest absolute Gasteiger partial charge is 0.480 e. The minimum atomic E-state index is -0.828. The minimum absolute atomic E-state index is 0.0236. The lowest BCUT2D eigenvalue weighted by molar-refractivity contribution is -0.384. The second-order valence-electron chi connectivity index (χ2n) is 7.44. The number of urea groups is 1. The van der Waals surface area contributed by atoms with Crippen LogP contribution in [0.1, 0.15) is 31.2 Å². The molecule has 9 nitrogen and oxygen atoms in total. The second-order valence-corrected chi connectivity index (χ2v) is 7.44. The smallest absolute Gasteiger partial charge is 0.319 e. The van der Waals surface area contributed by atoms with Gasteiger partial charge < -0.3 is 15.7 Å². The number of carbonyl (C=O) groups is 2. The molecular formula is C18H24N4O5. The zero-order valence-corrected chi connectivity index (χ0v) is 15.2. The average molecular weight is 376 g/mol. The molecule has 0 aliphatic heterocycles. The zero-order valence-electron chi connectivity index (χ0n) is 15.2. The van der Waals surface area contributed by atoms with Crippen molar-refractivity contribution in [1.82, 2.24) is 10.2 Å². The summed E-state index contributed by atoms with van der Waals surface area (Å²) >= 11 is 0. The lowest BCUT2D eigenvalue weighted by Crippen LogP contribution is -2.55. The number of nitrogens with one attached hydrogen (secondary N) is 2. The van der Waals surface area contributed by atoms with Gasteiger partial charge in [0.1, 0.15) is 0 Å². The highest BCUT2D eigenvalue weighted by atomic mass is 16.6. The van der Waals surface area contributed by atoms with E-state index in [1.165, 1.54) is 12.1 Å². The molecule has 1 aromatic rings. The molecule has 1 aromatic carbocycles. The third-order valence-electron chi connectivity index (χ3n) is 5.17. The summed E-state index contributed by atoms with van der Waals surface area (Å²) < 4.78 is 0. The van der Waals surface area contributed by atoms with Crippen LogP contribution in [0.3, 0.4) is 0 Å². The Morgan fingerprint density at radius 2 is 2.04 bits per heavy atom. The van der Waals surface area contributed by atoms with Crippen molar-refractivity contribution >= 4 is 23.4 Å². The molecule has 27 heavy (non-hydrogen) atoms. The van der Waals surface area contributed by atoms with Crippen molar-refractivity contribution in [2.75, 3.05) is 18.4 Å². The fourth-order valence-electron chi connectivity index (χ4n) is 3.35. The fourth-order valence-corrected chi connectivity index (χ4v) is 3.35. The first-order chi connectivity index (χ1) is 12.8. The predicted molar refractivity (Wildman–Crippen MR) is 98.7 cm³/mol. The lowest BCUT2D eigenvalue weighted by atomic mass is 9.85. The van der Waals surface area contributed by atoms with Crippen LogP contribution >= 0.6 is 0 Å². The molecule has 2 aliphatic carbocycles. The Morgan fingerprint density at radius 1 is 1.33 bits per heavy atom. The number of benzene rings is 1. The van der Waals surface area contributed by atoms with Crippen LogP contribution in [-0.4, -0.2) is 52.1 Å². The Bertz CT molecular complexity index is 743. The number of hydrogen-bond donors (Lipinski definition) is 3. The number of carbonyl (C=O) groups excluding carboxylic acids is 1. The van der Waals surface area contributed by atoms with Crippen LogP contribution in [0.25, 0.3) is 0 Å². The number of aryl methyl sites for hydroxylation is 1. The van der Waals surface area contributed by atoms with Crippen molar-refractivity contribution in [1.29, 1.82) is 0 Å². The molecule has 2 saturated carbocycles. The van der Waals surface area contributed by atoms with Crippen LogP contribution in [0.5, 0.6) is 0 Å². The number of nitro groups is 1. The van der Waals surface area contributed by atoms with E-state index in [4.69, 9.17) is 5.11 Å². The molecule has 0 atom stereocenters. The van der Waals surface area contributed by atoms with Crippen LogP contribution in [-0.2, 0) is 4.79 Å². The van der Waals surface area contributed by atoms with Crippen molar-refractivity contribution in [3.05, 3.63) is 33.9 Å². The molecule has 0 saturated heterocycles. The zero-order chi connectivity index (χ0) is 19.6. The monoisotopic (exact) mass is 376 g/mol. The van der Waals surface area contributed by atoms with Crippen LogP contribution < -0.4 is 10.6 Å². The van der Waals surface area contributed by atoms with Gasteiger partial charge in [-0.25, -0.2) is 4.79 Å². The number of aliphatic carboxylic acids is 1. The number of nitrogens with zero attached hydrogens (tertiary/aromatic N) is 2. The quantitative estimate of drug-likeness (QED) is 0.472. The van der Waals surface area contributed by atoms with E-state index in [9.17, 15) is 19.7 Å². The van der Waals surface area contributed by atoms with E-state index >= 15 is 0 Å². The molecule has 146 valence electrons. The maximum Gasteiger partial charge on any atom is 0.319 e. The molecule has 2 fully saturated rings. The highest BCUT2D eigenvalue weighted by Gasteiger charge is 2.37. The molecule has 2 aliphatic rings. The van der Waals surface area contributed by atoms with E-state index in [-0.39, 0.29) is 24.3 Å². The van der Waals surface area contributed by atoms with E-state index in [0.29, 0.717) is 24.4 Å². The number of anilines is 1. The number of hydrogen-bond acceptors (Lipinski definition) is 5. The summed E-state index contributed by atoms with van der Waals surface area (Å²) in [6, 6.07) is 4.06. The Labute approximate surface area is 156 Å². The molecule has 0 unspecified atom stereocenters. The summed E-state index contributed by atoms with van der Waals surface area (Å²) in [4.78, 5) is 35.6. The van der Waals surface area contributed by atoms with Crippen molar-refractivity contribution in [3.63, 3.8) is 0 Å². The average Bonchev–Trinajstić information content (AvgIpc) is 3.35. The first-order valence-electron chi connectivity index (χ1n) is 9.10. The summed E-state index contributed by atoms with van der Waals surface area (Å²) in [5.41, 5.74) is 1.06. The van der Waals surface area contributed by atoms with Gasteiger partial charge in [-0.1, -0.05) is 6.07 Å². The number of amides is 2. The highest BCUT2D eigenvalue weighted by molar-refractivity contribution is 5.90. The number of carboxylic acids is 1. The van der Waals surface area contributed by atoms with E-state index in [1.807, 2.05) is 4.90 Å². The molecule has 0 spiro atoms. The van der Waals surface area contributed by atoms with E-state index in [1.54, 1.807) is 13.0 Å². The van der Waals surface area contributed by atoms with Gasteiger partial charge in [-0.05, 0) is 44.1 Å². The Hall–Kier alpha value is -2.68. The first kappa shape index (κ1) is 19.1. The Balaban J connectivity index is 1.49. The van der Waals surface area contributed by atoms with Crippen LogP contribution in [0.15, 0.2) is 18.2 Å². The Kier molecular flexibility index (Phi) is 5.59. The van der Waals surface area contributed by atoms with Gasteiger partial charge >= 0.3 is 12.0 Å². The van der Waals surface area contributed by atoms with Crippen molar-refractivity contribution in [3.8, 4) is 0 Å². The molecule has 0 aromatic heterocycles. The van der Waals surface area contributed by atoms with Gasteiger partial charge in [-0.3, -0.25) is 19.8 Å². The molecule has 9 heteroatoms. The van der Waals surface area contributed by atoms with Gasteiger partial charge in [0.05, 0.1) is 17.2 Å². The van der Waals surface area contributed by atoms with Gasteiger partial charge in [0.15, 0.2) is 0 Å². The Morgan fingerprint density at radius 3 is 2.63 bits per heavy atom. The summed E-state index contributed by atoms with van der Waals surface area (Å²) in [6.45, 7) is 2.61. The first-order valence-corrected chi connectivity index (χ1v) is 9.10. The van der Waals surface area contributed by atoms with Crippen LogP contribution in [0.4, 0.5) is 16.2 Å². The number of non-ortho nitro benzene ring substituents is 1. The summed E-state index contributed by atoms with van der Waals surface area (Å²) in [7, 11) is 0. The van der Waals surface area contributed by atoms with Gasteiger partial charge in [0, 0.05) is 30.8 Å². The number of nitro benzene ring substituents is 1. The number of carboxylic acid groups (broad SMARTS) is 1. The molecule has 3 rings (SSSR count). The van der Waals surface area contributed by atoms with Gasteiger partial charge in [-0.15, -0.1) is 0 Å². The summed E-state index contributed by atoms with van der Waals surface area (Å²) in [5.74, 6) is -0.220. The van der Waals surface area contributed by atoms with Gasteiger partial charge in [0.25, 0.3) is 5.69 Å². The fraction of sp³-hybridized carbons (Fsp3) is 0.556. The standard InChI is InChI=1S/C18H24N4O5/c1-11-2-5-14(22(26)27)8-16(11)20-18(25)19-13-6-15(7-13)21(10-17(23)24)9-12-3-4-12/h2,5,8,12-13,15H,3-4,6-7,9-10H2,1H3,(H,23,24)(H2,19,20,25). The second kappa shape index (κ2) is 7.91. The van der Waals surface area contributed by atoms with Gasteiger partial charge in [0.2, 0.25) is 0 Å². The van der Waals surface area contributed by atoms with E-state index in [0.717, 1.165) is 24.9 Å². The normalized spacial score (nSPS) is 21.4. The third kappa shape index (κ3) is 5.16. The topological polar surface area (TPSA) is 125 Å². The van der Waals surface area contributed by atoms with E-state index < -0.39 is 16.9 Å². The molecule has 3 N–H and O–H groups in total. The highest BCUT2D eigenvalue weighted by Crippen LogP contribution is 2.33. The lowest BCUT2D eigenvalue weighted by Gasteiger charge is -2.42. The number of rotatable bonds is 8. The maximum absolute atomic E-state index is 12.2. The van der Waals surface area contributed by atoms with Crippen molar-refractivity contribution in [2.45, 2.75) is 44.7 Å². The van der Waals surface area contributed by atoms with Gasteiger partial charge in [-0.2, -0.15) is 0 Å². The van der Waals surface area contributed by atoms with Crippen LogP contribution in [0.2, 0.25) is 0 Å². The molecule has 0 bridgehead atoms. The van der Waals surface area contributed by atoms with Crippen molar-refractivity contribution in [2.24, 2.45) is 5.92 Å². The minimum Gasteiger partial charge on any atom is -0.480 e. The maximum atomic E-state index is 12.2. The van der Waals surface area contributed by atoms with E-state index in [2.05, 4.69) is 10.6 Å². The summed E-state index contributed by atoms with van der Waals surface area (Å²) in [5, 5.41) is 25.5. The molecule has 0 heterocycles. The predicted octanol–water partition coefficient (Wildman–Crippen LogP) is 2.35. The molecule has 0 radical (unpaired) electrons. The van der Waals surface area contributed by atoms with Crippen LogP contribution in [0, 0.1) is 23.0 Å². The third-order valence-corrected chi connectivity index (χ3v) is 5.17. The van der Waals surface area contributed by atoms with Crippen molar-refractivity contribution < 1.29 is 19.6 Å². The SMILES string of the molecule is Cc1ccc([N+](=O)[O-])cc1NC(=O)NC1CC(N(CC(=O)O)CC2CC2)C1. The summed E-state index contributed by atoms with van der Waals surface area (Å²) in [6.07, 6.45) is 3.74.